The number of hydrogen-bond donors (Lipinski definition) is 1. The Morgan fingerprint density at radius 3 is 2.34 bits per heavy atom. The van der Waals surface area contributed by atoms with Crippen LogP contribution in [0.15, 0.2) is 97.2 Å². The molecule has 2 N–H and O–H groups in total. The molecule has 3 amide bonds. The molecule has 0 saturated heterocycles. The van der Waals surface area contributed by atoms with E-state index in [1.54, 1.807) is 42.0 Å². The van der Waals surface area contributed by atoms with Crippen LogP contribution in [0.2, 0.25) is 0 Å². The minimum atomic E-state index is -1.07. The second-order valence-electron chi connectivity index (χ2n) is 14.1. The summed E-state index contributed by atoms with van der Waals surface area (Å²) in [7, 11) is 5.26. The average Bonchev–Trinajstić information content (AvgIpc) is 3.89. The molecule has 4 aromatic rings. The molecule has 0 aliphatic heterocycles. The van der Waals surface area contributed by atoms with Crippen molar-refractivity contribution >= 4 is 53.7 Å². The Hall–Kier alpha value is -3.96. The van der Waals surface area contributed by atoms with E-state index < -0.39 is 32.3 Å². The van der Waals surface area contributed by atoms with Gasteiger partial charge in [0, 0.05) is 64.8 Å². The summed E-state index contributed by atoms with van der Waals surface area (Å²) in [5.41, 5.74) is 8.24. The minimum absolute atomic E-state index is 0.0297. The third kappa shape index (κ3) is 8.49. The van der Waals surface area contributed by atoms with E-state index in [1.807, 2.05) is 80.6 Å². The van der Waals surface area contributed by atoms with E-state index in [1.165, 1.54) is 0 Å². The van der Waals surface area contributed by atoms with Gasteiger partial charge in [-0.15, -0.1) is 20.7 Å². The predicted octanol–water partition coefficient (Wildman–Crippen LogP) is 6.18. The summed E-state index contributed by atoms with van der Waals surface area (Å²) in [4.78, 5) is 52.8. The maximum absolute atomic E-state index is 14.9. The molecule has 1 aromatic heterocycles. The van der Waals surface area contributed by atoms with Crippen LogP contribution in [-0.4, -0.2) is 84.7 Å². The number of rotatable bonds is 15. The summed E-state index contributed by atoms with van der Waals surface area (Å²) >= 11 is -0.452. The molecule has 3 aromatic carbocycles. The Morgan fingerprint density at radius 1 is 0.980 bits per heavy atom. The topological polar surface area (TPSA) is 99.8 Å². The van der Waals surface area contributed by atoms with Gasteiger partial charge in [0.2, 0.25) is 17.7 Å². The normalized spacial score (nSPS) is 19.2. The molecule has 0 radical (unpaired) electrons. The van der Waals surface area contributed by atoms with Crippen LogP contribution >= 0.6 is 20.7 Å². The number of aromatic nitrogens is 1. The molecule has 1 aliphatic rings. The first kappa shape index (κ1) is 37.3. The zero-order valence-electron chi connectivity index (χ0n) is 29.9. The zero-order chi connectivity index (χ0) is 36.1. The first-order valence-corrected chi connectivity index (χ1v) is 19.9. The van der Waals surface area contributed by atoms with Crippen molar-refractivity contribution in [1.82, 2.24) is 19.7 Å². The molecule has 9 heteroatoms. The standard InChI is InChI=1S/C41H50IN5O3/c1-29(27-40(2,43)42-3)24-37(48)46(5)36(26-30-19-20-31-14-10-11-17-33(31)25-30)38(49)47(6)41(28-35(41)32-15-8-7-9-16-32)39(50)45(4)23-21-34-18-12-13-22-44-34/h7-20,22,25,29,35-36H,3,21,23-24,26-28,43H2,1-2,4-6H3/t29?,35-,36-,40?,41?/m1/s1. The SMILES string of the molecule is C=IC(C)(N)CC(C)CC(=O)N(C)[C@H](Cc1ccc2ccccc2c1)C(=O)N(C)C1(C(=O)N(C)CCc2ccccn2)C[C@@H]1c1ccccc1. The number of nitrogens with two attached hydrogens (primary N) is 1. The molecule has 1 heterocycles. The highest BCUT2D eigenvalue weighted by atomic mass is 127. The minimum Gasteiger partial charge on any atom is -0.343 e. The molecule has 5 rings (SSSR count). The van der Waals surface area contributed by atoms with Crippen molar-refractivity contribution in [2.75, 3.05) is 27.7 Å². The number of pyridine rings is 1. The fourth-order valence-electron chi connectivity index (χ4n) is 7.17. The van der Waals surface area contributed by atoms with Crippen LogP contribution in [0.3, 0.4) is 0 Å². The number of carbonyl (C=O) groups excluding carboxylic acids is 3. The van der Waals surface area contributed by atoms with Crippen molar-refractivity contribution in [3.05, 3.63) is 114 Å². The molecule has 1 saturated carbocycles. The fourth-order valence-corrected chi connectivity index (χ4v) is 8.23. The zero-order valence-corrected chi connectivity index (χ0v) is 32.0. The summed E-state index contributed by atoms with van der Waals surface area (Å²) in [6.07, 6.45) is 4.14. The summed E-state index contributed by atoms with van der Waals surface area (Å²) < 4.78 is 3.71. The van der Waals surface area contributed by atoms with Crippen LogP contribution in [-0.2, 0) is 27.2 Å². The van der Waals surface area contributed by atoms with Gasteiger partial charge >= 0.3 is 0 Å². The summed E-state index contributed by atoms with van der Waals surface area (Å²) in [5, 5.41) is 2.17. The molecule has 8 nitrogen and oxygen atoms in total. The third-order valence-electron chi connectivity index (χ3n) is 10.2. The number of nitrogens with zero attached hydrogens (tertiary/aromatic N) is 4. The summed E-state index contributed by atoms with van der Waals surface area (Å²) in [6.45, 7) is 4.50. The third-order valence-corrected chi connectivity index (χ3v) is 12.4. The highest BCUT2D eigenvalue weighted by molar-refractivity contribution is 14.2. The fraction of sp³-hybridized carbons (Fsp3) is 0.390. The molecular formula is C41H50IN5O3. The van der Waals surface area contributed by atoms with E-state index in [4.69, 9.17) is 5.73 Å². The second-order valence-corrected chi connectivity index (χ2v) is 17.3. The van der Waals surface area contributed by atoms with Crippen LogP contribution in [0.5, 0.6) is 0 Å². The molecule has 1 fully saturated rings. The van der Waals surface area contributed by atoms with E-state index in [0.717, 1.165) is 27.6 Å². The van der Waals surface area contributed by atoms with Gasteiger partial charge in [0.15, 0.2) is 0 Å². The van der Waals surface area contributed by atoms with E-state index in [9.17, 15) is 14.4 Å². The van der Waals surface area contributed by atoms with E-state index in [0.29, 0.717) is 32.2 Å². The Balaban J connectivity index is 1.46. The molecule has 1 aliphatic carbocycles. The van der Waals surface area contributed by atoms with E-state index in [-0.39, 0.29) is 39.5 Å². The van der Waals surface area contributed by atoms with Crippen molar-refractivity contribution in [2.45, 2.75) is 67.0 Å². The lowest BCUT2D eigenvalue weighted by atomic mass is 9.96. The van der Waals surface area contributed by atoms with Crippen molar-refractivity contribution < 1.29 is 14.4 Å². The van der Waals surface area contributed by atoms with Crippen molar-refractivity contribution in [3.63, 3.8) is 0 Å². The lowest BCUT2D eigenvalue weighted by Gasteiger charge is -2.37. The van der Waals surface area contributed by atoms with Gasteiger partial charge in [-0.3, -0.25) is 19.4 Å². The Bertz CT molecular complexity index is 1820. The molecule has 3 unspecified atom stereocenters. The predicted molar refractivity (Wildman–Crippen MR) is 211 cm³/mol. The smallest absolute Gasteiger partial charge is 0.248 e. The summed E-state index contributed by atoms with van der Waals surface area (Å²) in [5.74, 6) is -0.616. The van der Waals surface area contributed by atoms with Crippen LogP contribution in [0, 0.1) is 5.92 Å². The Kier molecular flexibility index (Phi) is 11.9. The molecule has 50 heavy (non-hydrogen) atoms. The number of benzene rings is 3. The first-order valence-electron chi connectivity index (χ1n) is 17.3. The highest BCUT2D eigenvalue weighted by Gasteiger charge is 2.66. The number of alkyl halides is 1. The van der Waals surface area contributed by atoms with Gasteiger partial charge in [0.25, 0.3) is 0 Å². The number of carbonyl (C=O) groups is 3. The van der Waals surface area contributed by atoms with Crippen molar-refractivity contribution in [3.8, 4) is 0 Å². The number of halogens is 1. The molecule has 5 atom stereocenters. The lowest BCUT2D eigenvalue weighted by molar-refractivity contribution is -0.151. The number of hydrogen-bond acceptors (Lipinski definition) is 5. The Labute approximate surface area is 306 Å². The molecule has 264 valence electrons. The van der Waals surface area contributed by atoms with E-state index >= 15 is 0 Å². The monoisotopic (exact) mass is 787 g/mol. The van der Waals surface area contributed by atoms with Gasteiger partial charge in [0.1, 0.15) is 11.6 Å². The highest BCUT2D eigenvalue weighted by Crippen LogP contribution is 2.56. The quantitative estimate of drug-likeness (QED) is 0.0882. The molecule has 0 bridgehead atoms. The van der Waals surface area contributed by atoms with E-state index in [2.05, 4.69) is 33.8 Å². The Morgan fingerprint density at radius 2 is 1.66 bits per heavy atom. The van der Waals surface area contributed by atoms with Crippen molar-refractivity contribution in [2.24, 2.45) is 11.7 Å². The van der Waals surface area contributed by atoms with Gasteiger partial charge in [-0.05, 0) is 59.7 Å². The average molecular weight is 788 g/mol. The van der Waals surface area contributed by atoms with Gasteiger partial charge < -0.3 is 20.4 Å². The van der Waals surface area contributed by atoms with Crippen LogP contribution in [0.4, 0.5) is 0 Å². The second kappa shape index (κ2) is 15.9. The molecular weight excluding hydrogens is 737 g/mol. The first-order chi connectivity index (χ1) is 23.9. The maximum atomic E-state index is 14.9. The summed E-state index contributed by atoms with van der Waals surface area (Å²) in [6, 6.07) is 29.2. The van der Waals surface area contributed by atoms with Crippen LogP contribution in [0.1, 0.15) is 55.8 Å². The van der Waals surface area contributed by atoms with Crippen LogP contribution in [0.25, 0.3) is 10.8 Å². The van der Waals surface area contributed by atoms with Gasteiger partial charge in [0.05, 0.1) is 3.55 Å². The number of fused-ring (bicyclic) bond motifs is 1. The van der Waals surface area contributed by atoms with Crippen molar-refractivity contribution in [1.29, 1.82) is 0 Å². The maximum Gasteiger partial charge on any atom is 0.248 e. The molecule has 0 spiro atoms. The largest absolute Gasteiger partial charge is 0.343 e. The lowest BCUT2D eigenvalue weighted by Crippen LogP contribution is -2.57. The number of likely N-dealkylation sites (N-methyl/N-ethyl adjacent to an activating group) is 3. The van der Waals surface area contributed by atoms with Crippen LogP contribution < -0.4 is 5.73 Å². The van der Waals surface area contributed by atoms with Gasteiger partial charge in [-0.1, -0.05) is 90.3 Å². The number of amides is 3. The van der Waals surface area contributed by atoms with Gasteiger partial charge in [-0.25, -0.2) is 0 Å². The van der Waals surface area contributed by atoms with Gasteiger partial charge in [-0.2, -0.15) is 0 Å².